The van der Waals surface area contributed by atoms with Crippen LogP contribution in [-0.4, -0.2) is 38.8 Å². The van der Waals surface area contributed by atoms with Crippen LogP contribution >= 0.6 is 11.3 Å². The van der Waals surface area contributed by atoms with E-state index in [4.69, 9.17) is 4.74 Å². The van der Waals surface area contributed by atoms with Crippen LogP contribution in [0.3, 0.4) is 0 Å². The lowest BCUT2D eigenvalue weighted by molar-refractivity contribution is 0.185. The minimum atomic E-state index is 0.696. The predicted molar refractivity (Wildman–Crippen MR) is 67.1 cm³/mol. The molecule has 4 nitrogen and oxygen atoms in total. The third-order valence-corrected chi connectivity index (χ3v) is 3.85. The van der Waals surface area contributed by atoms with E-state index < -0.39 is 0 Å². The first-order valence-corrected chi connectivity index (χ1v) is 6.48. The first-order chi connectivity index (χ1) is 7.75. The summed E-state index contributed by atoms with van der Waals surface area (Å²) in [5.74, 6) is 0.696. The highest BCUT2D eigenvalue weighted by molar-refractivity contribution is 7.15. The van der Waals surface area contributed by atoms with Crippen LogP contribution in [0.2, 0.25) is 0 Å². The van der Waals surface area contributed by atoms with Crippen LogP contribution in [0.4, 0.5) is 5.13 Å². The van der Waals surface area contributed by atoms with E-state index in [2.05, 4.69) is 10.3 Å². The molecule has 0 amide bonds. The van der Waals surface area contributed by atoms with Gasteiger partial charge in [-0.05, 0) is 12.3 Å². The van der Waals surface area contributed by atoms with Gasteiger partial charge >= 0.3 is 0 Å². The summed E-state index contributed by atoms with van der Waals surface area (Å²) in [7, 11) is 4.04. The normalized spacial score (nSPS) is 20.2. The van der Waals surface area contributed by atoms with E-state index in [0.717, 1.165) is 31.4 Å². The van der Waals surface area contributed by atoms with E-state index >= 15 is 0 Å². The minimum Gasteiger partial charge on any atom is -0.381 e. The molecule has 0 saturated carbocycles. The van der Waals surface area contributed by atoms with E-state index in [0.29, 0.717) is 5.92 Å². The number of hydrogen-bond donors (Lipinski definition) is 1. The summed E-state index contributed by atoms with van der Waals surface area (Å²) in [4.78, 5) is 7.68. The van der Waals surface area contributed by atoms with Gasteiger partial charge in [-0.15, -0.1) is 11.3 Å². The highest BCUT2D eigenvalue weighted by Gasteiger charge is 2.14. The van der Waals surface area contributed by atoms with E-state index in [9.17, 15) is 0 Å². The molecule has 90 valence electrons. The molecule has 1 aliphatic heterocycles. The maximum absolute atomic E-state index is 5.34. The molecule has 1 fully saturated rings. The van der Waals surface area contributed by atoms with Crippen molar-refractivity contribution in [1.29, 1.82) is 0 Å². The van der Waals surface area contributed by atoms with Crippen LogP contribution in [0.1, 0.15) is 11.3 Å². The molecule has 2 rings (SSSR count). The van der Waals surface area contributed by atoms with Gasteiger partial charge in [-0.25, -0.2) is 4.98 Å². The summed E-state index contributed by atoms with van der Waals surface area (Å²) >= 11 is 1.74. The highest BCUT2D eigenvalue weighted by Crippen LogP contribution is 2.20. The number of nitrogens with one attached hydrogen (secondary N) is 1. The van der Waals surface area contributed by atoms with Crippen molar-refractivity contribution >= 4 is 16.5 Å². The molecule has 16 heavy (non-hydrogen) atoms. The maximum atomic E-state index is 5.34. The molecule has 0 radical (unpaired) electrons. The first-order valence-electron chi connectivity index (χ1n) is 5.66. The standard InChI is InChI=1S/C11H19N3OS/c1-14(2)11-13-7-10(16-11)6-12-5-9-3-4-15-8-9/h7,9,12H,3-6,8H2,1-2H3. The van der Waals surface area contributed by atoms with Crippen molar-refractivity contribution in [3.05, 3.63) is 11.1 Å². The van der Waals surface area contributed by atoms with Crippen LogP contribution in [-0.2, 0) is 11.3 Å². The van der Waals surface area contributed by atoms with Gasteiger partial charge in [0.15, 0.2) is 5.13 Å². The number of nitrogens with zero attached hydrogens (tertiary/aromatic N) is 2. The zero-order chi connectivity index (χ0) is 11.4. The molecule has 1 aromatic rings. The van der Waals surface area contributed by atoms with Gasteiger partial charge in [0.05, 0.1) is 6.61 Å². The largest absolute Gasteiger partial charge is 0.381 e. The molecule has 5 heteroatoms. The SMILES string of the molecule is CN(C)c1ncc(CNCC2CCOC2)s1. The fourth-order valence-electron chi connectivity index (χ4n) is 1.73. The van der Waals surface area contributed by atoms with Crippen LogP contribution in [0.25, 0.3) is 0 Å². The quantitative estimate of drug-likeness (QED) is 0.844. The summed E-state index contributed by atoms with van der Waals surface area (Å²) in [6.45, 7) is 3.81. The molecule has 1 atom stereocenters. The first kappa shape index (κ1) is 11.8. The lowest BCUT2D eigenvalue weighted by Crippen LogP contribution is -2.22. The Labute approximate surface area is 101 Å². The van der Waals surface area contributed by atoms with Gasteiger partial charge in [0, 0.05) is 44.9 Å². The molecule has 1 aliphatic rings. The Morgan fingerprint density at radius 2 is 2.50 bits per heavy atom. The zero-order valence-corrected chi connectivity index (χ0v) is 10.7. The average molecular weight is 241 g/mol. The second-order valence-electron chi connectivity index (χ2n) is 4.36. The monoisotopic (exact) mass is 241 g/mol. The number of aromatic nitrogens is 1. The maximum Gasteiger partial charge on any atom is 0.185 e. The Kier molecular flexibility index (Phi) is 4.15. The van der Waals surface area contributed by atoms with Gasteiger partial charge in [0.1, 0.15) is 0 Å². The van der Waals surface area contributed by atoms with Crippen molar-refractivity contribution in [3.8, 4) is 0 Å². The van der Waals surface area contributed by atoms with Gasteiger partial charge in [-0.2, -0.15) is 0 Å². The van der Waals surface area contributed by atoms with E-state index in [1.807, 2.05) is 25.2 Å². The van der Waals surface area contributed by atoms with E-state index in [1.54, 1.807) is 11.3 Å². The van der Waals surface area contributed by atoms with Crippen molar-refractivity contribution in [2.45, 2.75) is 13.0 Å². The lowest BCUT2D eigenvalue weighted by Gasteiger charge is -2.08. The van der Waals surface area contributed by atoms with Gasteiger partial charge in [0.25, 0.3) is 0 Å². The van der Waals surface area contributed by atoms with Gasteiger partial charge < -0.3 is 15.0 Å². The molecule has 1 aromatic heterocycles. The number of thiazole rings is 1. The van der Waals surface area contributed by atoms with Crippen molar-refractivity contribution in [1.82, 2.24) is 10.3 Å². The van der Waals surface area contributed by atoms with Crippen molar-refractivity contribution in [2.24, 2.45) is 5.92 Å². The summed E-state index contributed by atoms with van der Waals surface area (Å²) in [5, 5.41) is 4.54. The van der Waals surface area contributed by atoms with Gasteiger partial charge in [-0.1, -0.05) is 0 Å². The summed E-state index contributed by atoms with van der Waals surface area (Å²) < 4.78 is 5.34. The molecule has 2 heterocycles. The van der Waals surface area contributed by atoms with Crippen molar-refractivity contribution < 1.29 is 4.74 Å². The third kappa shape index (κ3) is 3.17. The highest BCUT2D eigenvalue weighted by atomic mass is 32.1. The molecular formula is C11H19N3OS. The molecule has 0 spiro atoms. The fraction of sp³-hybridized carbons (Fsp3) is 0.727. The van der Waals surface area contributed by atoms with Gasteiger partial charge in [0.2, 0.25) is 0 Å². The molecule has 1 unspecified atom stereocenters. The Morgan fingerprint density at radius 3 is 3.12 bits per heavy atom. The lowest BCUT2D eigenvalue weighted by atomic mass is 10.1. The Hall–Kier alpha value is -0.650. The molecule has 1 saturated heterocycles. The van der Waals surface area contributed by atoms with Crippen LogP contribution < -0.4 is 10.2 Å². The van der Waals surface area contributed by atoms with Crippen molar-refractivity contribution in [3.63, 3.8) is 0 Å². The van der Waals surface area contributed by atoms with E-state index in [1.165, 1.54) is 11.3 Å². The third-order valence-electron chi connectivity index (χ3n) is 2.68. The fourth-order valence-corrected chi connectivity index (χ4v) is 2.53. The predicted octanol–water partition coefficient (Wildman–Crippen LogP) is 1.34. The van der Waals surface area contributed by atoms with Crippen LogP contribution in [0.5, 0.6) is 0 Å². The molecular weight excluding hydrogens is 222 g/mol. The molecule has 1 N–H and O–H groups in total. The Morgan fingerprint density at radius 1 is 1.62 bits per heavy atom. The van der Waals surface area contributed by atoms with Gasteiger partial charge in [-0.3, -0.25) is 0 Å². The van der Waals surface area contributed by atoms with Crippen LogP contribution in [0, 0.1) is 5.92 Å². The molecule has 0 aliphatic carbocycles. The van der Waals surface area contributed by atoms with Crippen molar-refractivity contribution in [2.75, 3.05) is 38.8 Å². The second-order valence-corrected chi connectivity index (χ2v) is 5.46. The minimum absolute atomic E-state index is 0.696. The zero-order valence-electron chi connectivity index (χ0n) is 9.90. The Bertz CT molecular complexity index is 321. The number of ether oxygens (including phenoxy) is 1. The van der Waals surface area contributed by atoms with E-state index in [-0.39, 0.29) is 0 Å². The second kappa shape index (κ2) is 5.61. The summed E-state index contributed by atoms with van der Waals surface area (Å²) in [5.41, 5.74) is 0. The number of anilines is 1. The Balaban J connectivity index is 1.72. The van der Waals surface area contributed by atoms with Crippen LogP contribution in [0.15, 0.2) is 6.20 Å². The number of hydrogen-bond acceptors (Lipinski definition) is 5. The molecule has 0 aromatic carbocycles. The smallest absolute Gasteiger partial charge is 0.185 e. The summed E-state index contributed by atoms with van der Waals surface area (Å²) in [6, 6.07) is 0. The summed E-state index contributed by atoms with van der Waals surface area (Å²) in [6.07, 6.45) is 3.15. The topological polar surface area (TPSA) is 37.4 Å². The molecule has 0 bridgehead atoms. The number of rotatable bonds is 5. The average Bonchev–Trinajstić information content (AvgIpc) is 2.87.